The Labute approximate surface area is 95.2 Å². The van der Waals surface area contributed by atoms with Crippen molar-refractivity contribution in [3.63, 3.8) is 0 Å². The fourth-order valence-electron chi connectivity index (χ4n) is 1.80. The highest BCUT2D eigenvalue weighted by atomic mass is 19.4. The quantitative estimate of drug-likeness (QED) is 0.746. The van der Waals surface area contributed by atoms with Crippen molar-refractivity contribution >= 4 is 5.91 Å². The molecule has 94 valence electrons. The number of hydrogen-bond acceptors (Lipinski definition) is 3. The Morgan fingerprint density at radius 3 is 2.65 bits per heavy atom. The van der Waals surface area contributed by atoms with Gasteiger partial charge in [-0.2, -0.15) is 13.2 Å². The highest BCUT2D eigenvalue weighted by Gasteiger charge is 2.39. The molecule has 0 saturated heterocycles. The number of rotatable bonds is 1. The molecule has 1 aromatic heterocycles. The Balaban J connectivity index is 2.25. The van der Waals surface area contributed by atoms with E-state index in [1.165, 1.54) is 4.90 Å². The lowest BCUT2D eigenvalue weighted by Crippen LogP contribution is -2.38. The monoisotopic (exact) mass is 248 g/mol. The lowest BCUT2D eigenvalue weighted by Gasteiger charge is -2.27. The normalized spacial score (nSPS) is 15.9. The van der Waals surface area contributed by atoms with Gasteiger partial charge >= 0.3 is 6.18 Å². The van der Waals surface area contributed by atoms with Crippen LogP contribution in [0.4, 0.5) is 13.2 Å². The molecule has 0 fully saturated rings. The van der Waals surface area contributed by atoms with E-state index < -0.39 is 12.0 Å². The van der Waals surface area contributed by atoms with Crippen LogP contribution < -0.4 is 0 Å². The molecule has 0 radical (unpaired) electrons. The molecule has 0 unspecified atom stereocenters. The van der Waals surface area contributed by atoms with Gasteiger partial charge in [0.05, 0.1) is 6.54 Å². The fraction of sp³-hybridized carbons (Fsp3) is 0.667. The van der Waals surface area contributed by atoms with Gasteiger partial charge in [0.1, 0.15) is 0 Å². The molecule has 17 heavy (non-hydrogen) atoms. The van der Waals surface area contributed by atoms with Crippen molar-refractivity contribution in [2.24, 2.45) is 0 Å². The Bertz CT molecular complexity index is 440. The molecule has 0 bridgehead atoms. The molecule has 2 heterocycles. The number of hydrogen-bond donors (Lipinski definition) is 0. The molecule has 1 aliphatic rings. The number of alkyl halides is 3. The van der Waals surface area contributed by atoms with Gasteiger partial charge in [0.15, 0.2) is 5.82 Å². The van der Waals surface area contributed by atoms with Crippen LogP contribution in [-0.2, 0) is 24.1 Å². The van der Waals surface area contributed by atoms with Crippen LogP contribution in [0.5, 0.6) is 0 Å². The summed E-state index contributed by atoms with van der Waals surface area (Å²) in [6.45, 7) is 2.16. The van der Waals surface area contributed by atoms with Gasteiger partial charge in [0.25, 0.3) is 0 Å². The number of amides is 1. The van der Waals surface area contributed by atoms with E-state index in [0.29, 0.717) is 6.42 Å². The minimum atomic E-state index is -4.50. The van der Waals surface area contributed by atoms with Crippen LogP contribution in [-0.4, -0.2) is 32.1 Å². The molecule has 1 amide bonds. The van der Waals surface area contributed by atoms with Crippen molar-refractivity contribution in [3.05, 3.63) is 11.6 Å². The van der Waals surface area contributed by atoms with Crippen molar-refractivity contribution in [1.29, 1.82) is 0 Å². The maximum atomic E-state index is 12.5. The zero-order chi connectivity index (χ0) is 12.6. The summed E-state index contributed by atoms with van der Waals surface area (Å²) in [5.41, 5.74) is 0. The minimum absolute atomic E-state index is 0.0862. The highest BCUT2D eigenvalue weighted by molar-refractivity contribution is 5.75. The van der Waals surface area contributed by atoms with Gasteiger partial charge in [-0.3, -0.25) is 4.79 Å². The minimum Gasteiger partial charge on any atom is -0.333 e. The molecule has 0 N–H and O–H groups in total. The molecule has 2 rings (SSSR count). The topological polar surface area (TPSA) is 51.0 Å². The molecule has 8 heteroatoms. The summed E-state index contributed by atoms with van der Waals surface area (Å²) >= 11 is 0. The van der Waals surface area contributed by atoms with Crippen molar-refractivity contribution < 1.29 is 18.0 Å². The van der Waals surface area contributed by atoms with E-state index in [0.717, 1.165) is 4.57 Å². The average Bonchev–Trinajstić information content (AvgIpc) is 2.70. The molecular weight excluding hydrogens is 237 g/mol. The standard InChI is InChI=1S/C9H11F3N4O/c1-2-7(17)15-3-4-16-6(5-15)13-14-8(16)9(10,11)12/h2-5H2,1H3. The largest absolute Gasteiger partial charge is 0.451 e. The predicted molar refractivity (Wildman–Crippen MR) is 50.7 cm³/mol. The van der Waals surface area contributed by atoms with Gasteiger partial charge in [-0.1, -0.05) is 6.92 Å². The molecule has 1 aromatic rings. The number of carbonyl (C=O) groups excluding carboxylic acids is 1. The van der Waals surface area contributed by atoms with Crippen molar-refractivity contribution in [2.75, 3.05) is 6.54 Å². The fourth-order valence-corrected chi connectivity index (χ4v) is 1.80. The molecule has 0 saturated carbocycles. The van der Waals surface area contributed by atoms with Crippen LogP contribution in [0.25, 0.3) is 0 Å². The van der Waals surface area contributed by atoms with Gasteiger partial charge in [0, 0.05) is 19.5 Å². The molecule has 0 spiro atoms. The third kappa shape index (κ3) is 2.11. The zero-order valence-electron chi connectivity index (χ0n) is 9.16. The third-order valence-electron chi connectivity index (χ3n) is 2.66. The maximum Gasteiger partial charge on any atom is 0.451 e. The molecule has 0 aromatic carbocycles. The smallest absolute Gasteiger partial charge is 0.333 e. The van der Waals surface area contributed by atoms with E-state index in [4.69, 9.17) is 0 Å². The first-order chi connectivity index (χ1) is 7.93. The van der Waals surface area contributed by atoms with Gasteiger partial charge in [-0.05, 0) is 0 Å². The number of fused-ring (bicyclic) bond motifs is 1. The lowest BCUT2D eigenvalue weighted by molar-refractivity contribution is -0.148. The van der Waals surface area contributed by atoms with Crippen molar-refractivity contribution in [1.82, 2.24) is 19.7 Å². The summed E-state index contributed by atoms with van der Waals surface area (Å²) in [5, 5.41) is 6.63. The van der Waals surface area contributed by atoms with E-state index >= 15 is 0 Å². The van der Waals surface area contributed by atoms with Gasteiger partial charge in [-0.25, -0.2) is 0 Å². The number of carbonyl (C=O) groups is 1. The highest BCUT2D eigenvalue weighted by Crippen LogP contribution is 2.29. The summed E-state index contributed by atoms with van der Waals surface area (Å²) in [5.74, 6) is -0.894. The van der Waals surface area contributed by atoms with E-state index in [9.17, 15) is 18.0 Å². The molecule has 0 atom stereocenters. The summed E-state index contributed by atoms with van der Waals surface area (Å²) in [7, 11) is 0. The first-order valence-corrected chi connectivity index (χ1v) is 5.20. The van der Waals surface area contributed by atoms with Crippen LogP contribution in [0.15, 0.2) is 0 Å². The first-order valence-electron chi connectivity index (χ1n) is 5.20. The van der Waals surface area contributed by atoms with E-state index in [1.807, 2.05) is 0 Å². The Morgan fingerprint density at radius 1 is 1.35 bits per heavy atom. The van der Waals surface area contributed by atoms with Crippen LogP contribution in [0.1, 0.15) is 25.0 Å². The lowest BCUT2D eigenvalue weighted by atomic mass is 10.3. The Hall–Kier alpha value is -1.60. The van der Waals surface area contributed by atoms with Crippen LogP contribution in [0.2, 0.25) is 0 Å². The van der Waals surface area contributed by atoms with Crippen LogP contribution in [0, 0.1) is 0 Å². The predicted octanol–water partition coefficient (Wildman–Crippen LogP) is 1.05. The zero-order valence-corrected chi connectivity index (χ0v) is 9.16. The number of aromatic nitrogens is 3. The van der Waals surface area contributed by atoms with Gasteiger partial charge in [-0.15, -0.1) is 10.2 Å². The Morgan fingerprint density at radius 2 is 2.06 bits per heavy atom. The Kier molecular flexibility index (Phi) is 2.80. The molecule has 1 aliphatic heterocycles. The second kappa shape index (κ2) is 4.01. The second-order valence-electron chi connectivity index (χ2n) is 3.76. The van der Waals surface area contributed by atoms with Crippen LogP contribution in [0.3, 0.4) is 0 Å². The van der Waals surface area contributed by atoms with Gasteiger partial charge in [0.2, 0.25) is 11.7 Å². The summed E-state index contributed by atoms with van der Waals surface area (Å²) in [6.07, 6.45) is -4.16. The van der Waals surface area contributed by atoms with Gasteiger partial charge < -0.3 is 9.47 Å². The van der Waals surface area contributed by atoms with E-state index in [-0.39, 0.29) is 31.4 Å². The summed E-state index contributed by atoms with van der Waals surface area (Å²) in [6, 6.07) is 0. The van der Waals surface area contributed by atoms with E-state index in [2.05, 4.69) is 10.2 Å². The average molecular weight is 248 g/mol. The SMILES string of the molecule is CCC(=O)N1CCn2c(nnc2C(F)(F)F)C1. The maximum absolute atomic E-state index is 12.5. The molecular formula is C9H11F3N4O. The second-order valence-corrected chi connectivity index (χ2v) is 3.76. The van der Waals surface area contributed by atoms with Crippen molar-refractivity contribution in [3.8, 4) is 0 Å². The van der Waals surface area contributed by atoms with Crippen LogP contribution >= 0.6 is 0 Å². The number of nitrogens with zero attached hydrogens (tertiary/aromatic N) is 4. The molecule has 5 nitrogen and oxygen atoms in total. The van der Waals surface area contributed by atoms with Crippen molar-refractivity contribution in [2.45, 2.75) is 32.6 Å². The number of halogens is 3. The summed E-state index contributed by atoms with van der Waals surface area (Å²) < 4.78 is 38.6. The molecule has 0 aliphatic carbocycles. The van der Waals surface area contributed by atoms with E-state index in [1.54, 1.807) is 6.92 Å². The summed E-state index contributed by atoms with van der Waals surface area (Å²) in [4.78, 5) is 12.9. The first kappa shape index (κ1) is 11.9. The third-order valence-corrected chi connectivity index (χ3v) is 2.66.